The molecule has 162 valence electrons. The second kappa shape index (κ2) is 10.2. The summed E-state index contributed by atoms with van der Waals surface area (Å²) in [4.78, 5) is 25.8. The number of carbonyl (C=O) groups is 1. The van der Waals surface area contributed by atoms with Crippen LogP contribution in [-0.2, 0) is 0 Å². The van der Waals surface area contributed by atoms with Crippen molar-refractivity contribution in [3.05, 3.63) is 118 Å². The lowest BCUT2D eigenvalue weighted by Crippen LogP contribution is -2.28. The van der Waals surface area contributed by atoms with Gasteiger partial charge in [0.05, 0.1) is 11.9 Å². The number of carbonyl (C=O) groups excluding carboxylic acids is 1. The molecule has 4 aromatic rings. The van der Waals surface area contributed by atoms with E-state index in [0.717, 1.165) is 16.7 Å². The van der Waals surface area contributed by atoms with Gasteiger partial charge >= 0.3 is 0 Å². The van der Waals surface area contributed by atoms with Crippen molar-refractivity contribution in [2.24, 2.45) is 5.10 Å². The van der Waals surface area contributed by atoms with E-state index in [9.17, 15) is 9.59 Å². The SMILES string of the molecule is CC(/C=N/NC(=O)c1c(-c2ccccc2)c(-c2ccccc2)n[nH]c1=O)=C\c1ccccc1. The number of amides is 1. The van der Waals surface area contributed by atoms with Gasteiger partial charge in [0.25, 0.3) is 11.5 Å². The summed E-state index contributed by atoms with van der Waals surface area (Å²) in [7, 11) is 0. The summed E-state index contributed by atoms with van der Waals surface area (Å²) in [5.41, 5.74) is 6.19. The second-order valence-corrected chi connectivity index (χ2v) is 7.38. The van der Waals surface area contributed by atoms with Gasteiger partial charge in [0.15, 0.2) is 0 Å². The Morgan fingerprint density at radius 1 is 0.879 bits per heavy atom. The third kappa shape index (κ3) is 5.19. The highest BCUT2D eigenvalue weighted by Gasteiger charge is 2.22. The smallest absolute Gasteiger partial charge is 0.267 e. The molecular weight excluding hydrogens is 412 g/mol. The summed E-state index contributed by atoms with van der Waals surface area (Å²) in [5.74, 6) is -0.613. The lowest BCUT2D eigenvalue weighted by Gasteiger charge is -2.12. The molecule has 6 heteroatoms. The molecule has 0 spiro atoms. The van der Waals surface area contributed by atoms with Crippen LogP contribution in [0.1, 0.15) is 22.8 Å². The van der Waals surface area contributed by atoms with Gasteiger partial charge in [-0.15, -0.1) is 0 Å². The van der Waals surface area contributed by atoms with Gasteiger partial charge in [-0.3, -0.25) is 9.59 Å². The first-order valence-corrected chi connectivity index (χ1v) is 10.4. The zero-order valence-electron chi connectivity index (χ0n) is 18.0. The van der Waals surface area contributed by atoms with Crippen LogP contribution in [0.2, 0.25) is 0 Å². The largest absolute Gasteiger partial charge is 0.277 e. The minimum absolute atomic E-state index is 0.0445. The molecule has 0 fully saturated rings. The molecule has 3 aromatic carbocycles. The molecule has 0 aliphatic heterocycles. The van der Waals surface area contributed by atoms with Gasteiger partial charge in [-0.2, -0.15) is 10.2 Å². The molecule has 0 atom stereocenters. The van der Waals surface area contributed by atoms with Gasteiger partial charge in [0.1, 0.15) is 5.56 Å². The third-order valence-electron chi connectivity index (χ3n) is 4.95. The fourth-order valence-corrected chi connectivity index (χ4v) is 3.46. The van der Waals surface area contributed by atoms with Gasteiger partial charge in [0, 0.05) is 11.1 Å². The number of aromatic nitrogens is 2. The first-order chi connectivity index (χ1) is 16.1. The summed E-state index contributed by atoms with van der Waals surface area (Å²) in [6.07, 6.45) is 3.48. The van der Waals surface area contributed by atoms with Crippen molar-refractivity contribution in [2.75, 3.05) is 0 Å². The Morgan fingerprint density at radius 3 is 2.09 bits per heavy atom. The molecule has 1 amide bonds. The molecule has 1 aromatic heterocycles. The number of hydrogen-bond acceptors (Lipinski definition) is 4. The molecule has 2 N–H and O–H groups in total. The van der Waals surface area contributed by atoms with E-state index in [4.69, 9.17) is 0 Å². The van der Waals surface area contributed by atoms with Crippen molar-refractivity contribution in [3.63, 3.8) is 0 Å². The summed E-state index contributed by atoms with van der Waals surface area (Å²) < 4.78 is 0. The van der Waals surface area contributed by atoms with Crippen LogP contribution in [0.5, 0.6) is 0 Å². The van der Waals surface area contributed by atoms with Crippen LogP contribution in [0.3, 0.4) is 0 Å². The van der Waals surface area contributed by atoms with Crippen molar-refractivity contribution < 1.29 is 4.79 Å². The Labute approximate surface area is 191 Å². The molecule has 0 radical (unpaired) electrons. The van der Waals surface area contributed by atoms with E-state index in [1.807, 2.05) is 104 Å². The van der Waals surface area contributed by atoms with E-state index in [0.29, 0.717) is 16.8 Å². The molecule has 6 nitrogen and oxygen atoms in total. The van der Waals surface area contributed by atoms with Crippen LogP contribution in [-0.4, -0.2) is 22.3 Å². The molecule has 0 unspecified atom stereocenters. The van der Waals surface area contributed by atoms with Crippen LogP contribution < -0.4 is 11.0 Å². The summed E-state index contributed by atoms with van der Waals surface area (Å²) in [6.45, 7) is 1.88. The zero-order chi connectivity index (χ0) is 23.0. The fourth-order valence-electron chi connectivity index (χ4n) is 3.46. The number of H-pyrrole nitrogens is 1. The third-order valence-corrected chi connectivity index (χ3v) is 4.95. The van der Waals surface area contributed by atoms with E-state index in [1.54, 1.807) is 6.21 Å². The Balaban J connectivity index is 1.70. The molecule has 0 saturated heterocycles. The predicted octanol–water partition coefficient (Wildman–Crippen LogP) is 4.92. The number of nitrogens with one attached hydrogen (secondary N) is 2. The maximum Gasteiger partial charge on any atom is 0.277 e. The number of allylic oxidation sites excluding steroid dienone is 1. The number of hydrazone groups is 1. The summed E-state index contributed by atoms with van der Waals surface area (Å²) in [5, 5.41) is 10.8. The van der Waals surface area contributed by atoms with Crippen LogP contribution >= 0.6 is 0 Å². The predicted molar refractivity (Wildman–Crippen MR) is 132 cm³/mol. The van der Waals surface area contributed by atoms with Crippen molar-refractivity contribution in [2.45, 2.75) is 6.92 Å². The lowest BCUT2D eigenvalue weighted by atomic mass is 9.95. The van der Waals surface area contributed by atoms with Crippen LogP contribution in [0, 0.1) is 0 Å². The Kier molecular flexibility index (Phi) is 6.66. The topological polar surface area (TPSA) is 87.2 Å². The number of hydrogen-bond donors (Lipinski definition) is 2. The maximum absolute atomic E-state index is 13.1. The Morgan fingerprint density at radius 2 is 1.45 bits per heavy atom. The van der Waals surface area contributed by atoms with E-state index in [2.05, 4.69) is 20.7 Å². The van der Waals surface area contributed by atoms with Crippen molar-refractivity contribution >= 4 is 18.2 Å². The second-order valence-electron chi connectivity index (χ2n) is 7.38. The average Bonchev–Trinajstić information content (AvgIpc) is 2.85. The number of nitrogens with zero attached hydrogens (tertiary/aromatic N) is 2. The quantitative estimate of drug-likeness (QED) is 0.333. The highest BCUT2D eigenvalue weighted by molar-refractivity contribution is 6.04. The molecular formula is C27H22N4O2. The fraction of sp³-hybridized carbons (Fsp3) is 0.0370. The average molecular weight is 434 g/mol. The normalized spacial score (nSPS) is 11.5. The molecule has 4 rings (SSSR count). The van der Waals surface area contributed by atoms with Gasteiger partial charge in [-0.1, -0.05) is 97.1 Å². The summed E-state index contributed by atoms with van der Waals surface area (Å²) in [6, 6.07) is 28.5. The van der Waals surface area contributed by atoms with Gasteiger partial charge in [-0.25, -0.2) is 10.5 Å². The lowest BCUT2D eigenvalue weighted by molar-refractivity contribution is 0.0954. The summed E-state index contributed by atoms with van der Waals surface area (Å²) >= 11 is 0. The molecule has 0 saturated carbocycles. The molecule has 1 heterocycles. The first-order valence-electron chi connectivity index (χ1n) is 10.4. The Hall–Kier alpha value is -4.58. The standard InChI is InChI=1S/C27H22N4O2/c1-19(17-20-11-5-2-6-12-20)18-28-30-26(32)24-23(21-13-7-3-8-14-21)25(29-31-27(24)33)22-15-9-4-10-16-22/h2-18H,1H3,(H,30,32)(H,31,33)/b19-17+,28-18+. The first kappa shape index (κ1) is 21.6. The van der Waals surface area contributed by atoms with Crippen molar-refractivity contribution in [1.82, 2.24) is 15.6 Å². The number of rotatable bonds is 6. The van der Waals surface area contributed by atoms with Crippen LogP contribution in [0.4, 0.5) is 0 Å². The number of aromatic amines is 1. The molecule has 0 aliphatic rings. The van der Waals surface area contributed by atoms with E-state index < -0.39 is 11.5 Å². The van der Waals surface area contributed by atoms with E-state index in [1.165, 1.54) is 0 Å². The van der Waals surface area contributed by atoms with Gasteiger partial charge in [0.2, 0.25) is 0 Å². The number of benzene rings is 3. The highest BCUT2D eigenvalue weighted by Crippen LogP contribution is 2.31. The van der Waals surface area contributed by atoms with Crippen molar-refractivity contribution in [3.8, 4) is 22.4 Å². The minimum Gasteiger partial charge on any atom is -0.267 e. The molecule has 0 aliphatic carbocycles. The van der Waals surface area contributed by atoms with Gasteiger partial charge < -0.3 is 0 Å². The van der Waals surface area contributed by atoms with Crippen molar-refractivity contribution in [1.29, 1.82) is 0 Å². The molecule has 0 bridgehead atoms. The Bertz CT molecular complexity index is 1360. The minimum atomic E-state index is -0.613. The van der Waals surface area contributed by atoms with E-state index in [-0.39, 0.29) is 5.56 Å². The molecule has 33 heavy (non-hydrogen) atoms. The van der Waals surface area contributed by atoms with E-state index >= 15 is 0 Å². The zero-order valence-corrected chi connectivity index (χ0v) is 18.0. The maximum atomic E-state index is 13.1. The van der Waals surface area contributed by atoms with Crippen LogP contribution in [0.15, 0.2) is 106 Å². The highest BCUT2D eigenvalue weighted by atomic mass is 16.2. The van der Waals surface area contributed by atoms with Gasteiger partial charge in [-0.05, 0) is 23.6 Å². The monoisotopic (exact) mass is 434 g/mol. The van der Waals surface area contributed by atoms with Crippen LogP contribution in [0.25, 0.3) is 28.5 Å².